The molecule has 4 heteroatoms. The fourth-order valence-corrected chi connectivity index (χ4v) is 1.71. The van der Waals surface area contributed by atoms with Gasteiger partial charge in [0.15, 0.2) is 0 Å². The summed E-state index contributed by atoms with van der Waals surface area (Å²) in [6.07, 6.45) is 3.57. The molecule has 16 heavy (non-hydrogen) atoms. The van der Waals surface area contributed by atoms with E-state index in [1.807, 2.05) is 32.0 Å². The van der Waals surface area contributed by atoms with Crippen molar-refractivity contribution >= 4 is 0 Å². The largest absolute Gasteiger partial charge is 0.464 e. The van der Waals surface area contributed by atoms with Gasteiger partial charge in [0, 0.05) is 12.4 Å². The summed E-state index contributed by atoms with van der Waals surface area (Å²) in [6, 6.07) is 5.65. The molecule has 1 atom stereocenters. The highest BCUT2D eigenvalue weighted by molar-refractivity contribution is 5.31. The number of nitrogens with zero attached hydrogens (tertiary/aromatic N) is 1. The second kappa shape index (κ2) is 4.47. The maximum atomic E-state index is 5.58. The average Bonchev–Trinajstić information content (AvgIpc) is 2.69. The molecule has 84 valence electrons. The molecule has 2 aromatic rings. The van der Waals surface area contributed by atoms with Gasteiger partial charge in [-0.3, -0.25) is 10.8 Å². The van der Waals surface area contributed by atoms with Crippen LogP contribution in [0.3, 0.4) is 0 Å². The Labute approximate surface area is 94.5 Å². The van der Waals surface area contributed by atoms with Gasteiger partial charge in [0.25, 0.3) is 0 Å². The van der Waals surface area contributed by atoms with E-state index in [9.17, 15) is 0 Å². The maximum absolute atomic E-state index is 5.58. The van der Waals surface area contributed by atoms with Gasteiger partial charge in [-0.15, -0.1) is 0 Å². The van der Waals surface area contributed by atoms with Crippen LogP contribution < -0.4 is 11.3 Å². The lowest BCUT2D eigenvalue weighted by Gasteiger charge is -2.15. The molecule has 2 rings (SSSR count). The van der Waals surface area contributed by atoms with Crippen LogP contribution in [0.1, 0.15) is 28.7 Å². The van der Waals surface area contributed by atoms with E-state index in [0.29, 0.717) is 0 Å². The first-order chi connectivity index (χ1) is 7.72. The highest BCUT2D eigenvalue weighted by Crippen LogP contribution is 2.24. The molecule has 0 aliphatic heterocycles. The number of hydrazine groups is 1. The summed E-state index contributed by atoms with van der Waals surface area (Å²) in [5.74, 6) is 7.25. The van der Waals surface area contributed by atoms with E-state index in [4.69, 9.17) is 10.3 Å². The summed E-state index contributed by atoms with van der Waals surface area (Å²) in [6.45, 7) is 3.93. The molecule has 3 N–H and O–H groups in total. The molecule has 2 aromatic heterocycles. The molecule has 0 saturated carbocycles. The van der Waals surface area contributed by atoms with Crippen molar-refractivity contribution in [2.75, 3.05) is 0 Å². The van der Waals surface area contributed by atoms with Crippen LogP contribution in [0.5, 0.6) is 0 Å². The van der Waals surface area contributed by atoms with E-state index in [1.54, 1.807) is 12.4 Å². The molecular weight excluding hydrogens is 202 g/mol. The third kappa shape index (κ3) is 1.98. The normalized spacial score (nSPS) is 12.7. The number of nitrogens with one attached hydrogen (secondary N) is 1. The van der Waals surface area contributed by atoms with Gasteiger partial charge in [0.1, 0.15) is 17.6 Å². The van der Waals surface area contributed by atoms with Crippen LogP contribution in [0.25, 0.3) is 0 Å². The first-order valence-electron chi connectivity index (χ1n) is 5.15. The Balaban J connectivity index is 2.40. The predicted molar refractivity (Wildman–Crippen MR) is 61.6 cm³/mol. The number of hydrogen-bond acceptors (Lipinski definition) is 4. The summed E-state index contributed by atoms with van der Waals surface area (Å²) in [7, 11) is 0. The van der Waals surface area contributed by atoms with Crippen LogP contribution in [0.4, 0.5) is 0 Å². The Morgan fingerprint density at radius 3 is 2.69 bits per heavy atom. The zero-order valence-corrected chi connectivity index (χ0v) is 9.40. The second-order valence-corrected chi connectivity index (χ2v) is 3.78. The SMILES string of the molecule is Cc1ccc(C(NN)c2cnccc2C)o1. The second-order valence-electron chi connectivity index (χ2n) is 3.78. The quantitative estimate of drug-likeness (QED) is 0.608. The molecule has 0 fully saturated rings. The van der Waals surface area contributed by atoms with E-state index in [1.165, 1.54) is 0 Å². The topological polar surface area (TPSA) is 64.1 Å². The molecule has 0 aromatic carbocycles. The van der Waals surface area contributed by atoms with E-state index in [0.717, 1.165) is 22.6 Å². The summed E-state index contributed by atoms with van der Waals surface area (Å²) >= 11 is 0. The minimum Gasteiger partial charge on any atom is -0.464 e. The van der Waals surface area contributed by atoms with E-state index >= 15 is 0 Å². The standard InChI is InChI=1S/C12H15N3O/c1-8-5-6-14-7-10(8)12(15-13)11-4-3-9(2)16-11/h3-7,12,15H,13H2,1-2H3. The van der Waals surface area contributed by atoms with Gasteiger partial charge in [0.05, 0.1) is 0 Å². The molecule has 0 amide bonds. The zero-order chi connectivity index (χ0) is 11.5. The Kier molecular flexibility index (Phi) is 3.03. The van der Waals surface area contributed by atoms with Crippen molar-refractivity contribution < 1.29 is 4.42 Å². The van der Waals surface area contributed by atoms with E-state index < -0.39 is 0 Å². The van der Waals surface area contributed by atoms with E-state index in [2.05, 4.69) is 10.4 Å². The zero-order valence-electron chi connectivity index (χ0n) is 9.40. The monoisotopic (exact) mass is 217 g/mol. The maximum Gasteiger partial charge on any atom is 0.126 e. The number of aromatic nitrogens is 1. The van der Waals surface area contributed by atoms with Crippen molar-refractivity contribution in [2.45, 2.75) is 19.9 Å². The molecule has 0 aliphatic rings. The Bertz CT molecular complexity index is 479. The van der Waals surface area contributed by atoms with Gasteiger partial charge in [-0.2, -0.15) is 0 Å². The number of rotatable bonds is 3. The molecule has 0 aliphatic carbocycles. The van der Waals surface area contributed by atoms with E-state index in [-0.39, 0.29) is 6.04 Å². The predicted octanol–water partition coefficient (Wildman–Crippen LogP) is 1.84. The Morgan fingerprint density at radius 2 is 2.12 bits per heavy atom. The molecule has 2 heterocycles. The first-order valence-corrected chi connectivity index (χ1v) is 5.15. The molecule has 0 saturated heterocycles. The van der Waals surface area contributed by atoms with Crippen LogP contribution in [-0.2, 0) is 0 Å². The number of hydrogen-bond donors (Lipinski definition) is 2. The summed E-state index contributed by atoms with van der Waals surface area (Å²) in [4.78, 5) is 4.11. The van der Waals surface area contributed by atoms with Crippen molar-refractivity contribution in [3.63, 3.8) is 0 Å². The minimum atomic E-state index is -0.151. The van der Waals surface area contributed by atoms with Gasteiger partial charge in [-0.05, 0) is 43.2 Å². The molecule has 0 bridgehead atoms. The lowest BCUT2D eigenvalue weighted by atomic mass is 10.0. The molecule has 4 nitrogen and oxygen atoms in total. The third-order valence-corrected chi connectivity index (χ3v) is 2.60. The molecular formula is C12H15N3O. The highest BCUT2D eigenvalue weighted by atomic mass is 16.3. The van der Waals surface area contributed by atoms with Crippen LogP contribution >= 0.6 is 0 Å². The van der Waals surface area contributed by atoms with Crippen LogP contribution in [0.2, 0.25) is 0 Å². The number of pyridine rings is 1. The van der Waals surface area contributed by atoms with Crippen molar-refractivity contribution in [3.8, 4) is 0 Å². The molecule has 1 unspecified atom stereocenters. The average molecular weight is 217 g/mol. The van der Waals surface area contributed by atoms with Gasteiger partial charge in [0.2, 0.25) is 0 Å². The highest BCUT2D eigenvalue weighted by Gasteiger charge is 2.17. The minimum absolute atomic E-state index is 0.151. The van der Waals surface area contributed by atoms with Crippen molar-refractivity contribution in [3.05, 3.63) is 53.2 Å². The molecule has 0 spiro atoms. The summed E-state index contributed by atoms with van der Waals surface area (Å²) < 4.78 is 5.58. The van der Waals surface area contributed by atoms with Crippen LogP contribution in [0, 0.1) is 13.8 Å². The van der Waals surface area contributed by atoms with Gasteiger partial charge in [-0.1, -0.05) is 0 Å². The summed E-state index contributed by atoms with van der Waals surface area (Å²) in [5.41, 5.74) is 4.91. The van der Waals surface area contributed by atoms with Gasteiger partial charge >= 0.3 is 0 Å². The summed E-state index contributed by atoms with van der Waals surface area (Å²) in [5, 5.41) is 0. The first kappa shape index (κ1) is 10.9. The van der Waals surface area contributed by atoms with Gasteiger partial charge < -0.3 is 4.42 Å². The third-order valence-electron chi connectivity index (χ3n) is 2.60. The van der Waals surface area contributed by atoms with Crippen LogP contribution in [-0.4, -0.2) is 4.98 Å². The van der Waals surface area contributed by atoms with Crippen LogP contribution in [0.15, 0.2) is 35.0 Å². The lowest BCUT2D eigenvalue weighted by molar-refractivity contribution is 0.433. The number of nitrogens with two attached hydrogens (primary N) is 1. The Morgan fingerprint density at radius 1 is 1.31 bits per heavy atom. The fraction of sp³-hybridized carbons (Fsp3) is 0.250. The smallest absolute Gasteiger partial charge is 0.126 e. The molecule has 0 radical (unpaired) electrons. The Hall–Kier alpha value is -1.65. The number of aryl methyl sites for hydroxylation is 2. The van der Waals surface area contributed by atoms with Crippen molar-refractivity contribution in [1.82, 2.24) is 10.4 Å². The fourth-order valence-electron chi connectivity index (χ4n) is 1.71. The van der Waals surface area contributed by atoms with Crippen molar-refractivity contribution in [1.29, 1.82) is 0 Å². The van der Waals surface area contributed by atoms with Gasteiger partial charge in [-0.25, -0.2) is 5.43 Å². The number of furan rings is 1. The lowest BCUT2D eigenvalue weighted by Crippen LogP contribution is -2.29. The van der Waals surface area contributed by atoms with Crippen molar-refractivity contribution in [2.24, 2.45) is 5.84 Å².